The molecule has 0 fully saturated rings. The Morgan fingerprint density at radius 1 is 1.03 bits per heavy atom. The highest BCUT2D eigenvalue weighted by Gasteiger charge is 2.17. The molecule has 0 bridgehead atoms. The zero-order chi connectivity index (χ0) is 20.4. The van der Waals surface area contributed by atoms with E-state index in [1.54, 1.807) is 56.6 Å². The SMILES string of the molecule is COc1cc(-c2cnc3[nH]c(=O)n(Cc4ccncc4)c3n2)cc(OC)c1OC. The molecule has 0 spiro atoms. The molecule has 9 nitrogen and oxygen atoms in total. The number of methoxy groups -OCH3 is 3. The first-order valence-corrected chi connectivity index (χ1v) is 8.79. The minimum atomic E-state index is -0.279. The lowest BCUT2D eigenvalue weighted by Gasteiger charge is -2.14. The third-order valence-electron chi connectivity index (χ3n) is 4.53. The molecule has 1 N–H and O–H groups in total. The minimum Gasteiger partial charge on any atom is -0.493 e. The fourth-order valence-electron chi connectivity index (χ4n) is 3.11. The summed E-state index contributed by atoms with van der Waals surface area (Å²) in [5, 5.41) is 0. The smallest absolute Gasteiger partial charge is 0.329 e. The van der Waals surface area contributed by atoms with Crippen LogP contribution < -0.4 is 19.9 Å². The van der Waals surface area contributed by atoms with Gasteiger partial charge in [-0.25, -0.2) is 14.8 Å². The Hall–Kier alpha value is -3.88. The number of aromatic amines is 1. The number of pyridine rings is 1. The van der Waals surface area contributed by atoms with Gasteiger partial charge in [-0.05, 0) is 29.8 Å². The zero-order valence-electron chi connectivity index (χ0n) is 16.2. The number of nitrogens with one attached hydrogen (secondary N) is 1. The molecule has 0 unspecified atom stereocenters. The molecule has 0 aliphatic rings. The fourth-order valence-corrected chi connectivity index (χ4v) is 3.11. The second-order valence-corrected chi connectivity index (χ2v) is 6.21. The number of nitrogens with zero attached hydrogens (tertiary/aromatic N) is 4. The number of imidazole rings is 1. The number of rotatable bonds is 6. The maximum atomic E-state index is 12.4. The van der Waals surface area contributed by atoms with Crippen molar-refractivity contribution in [2.24, 2.45) is 0 Å². The molecule has 0 atom stereocenters. The summed E-state index contributed by atoms with van der Waals surface area (Å²) in [5.41, 5.74) is 2.82. The molecule has 0 saturated carbocycles. The van der Waals surface area contributed by atoms with Gasteiger partial charge >= 0.3 is 5.69 Å². The summed E-state index contributed by atoms with van der Waals surface area (Å²) in [5.74, 6) is 1.50. The van der Waals surface area contributed by atoms with Gasteiger partial charge in [0.15, 0.2) is 22.8 Å². The van der Waals surface area contributed by atoms with E-state index in [0.717, 1.165) is 11.1 Å². The van der Waals surface area contributed by atoms with Gasteiger partial charge in [0, 0.05) is 18.0 Å². The van der Waals surface area contributed by atoms with Crippen LogP contribution in [0.4, 0.5) is 0 Å². The molecule has 0 radical (unpaired) electrons. The Balaban J connectivity index is 1.84. The molecule has 0 aliphatic carbocycles. The molecule has 148 valence electrons. The topological polar surface area (TPSA) is 104 Å². The monoisotopic (exact) mass is 393 g/mol. The molecule has 3 heterocycles. The second-order valence-electron chi connectivity index (χ2n) is 6.21. The quantitative estimate of drug-likeness (QED) is 0.536. The van der Waals surface area contributed by atoms with Crippen molar-refractivity contribution >= 4 is 11.3 Å². The summed E-state index contributed by atoms with van der Waals surface area (Å²) >= 11 is 0. The van der Waals surface area contributed by atoms with Crippen LogP contribution in [-0.2, 0) is 6.54 Å². The number of hydrogen-bond acceptors (Lipinski definition) is 7. The Morgan fingerprint density at radius 3 is 2.34 bits per heavy atom. The number of fused-ring (bicyclic) bond motifs is 1. The van der Waals surface area contributed by atoms with E-state index in [9.17, 15) is 4.79 Å². The number of aromatic nitrogens is 5. The summed E-state index contributed by atoms with van der Waals surface area (Å²) < 4.78 is 17.7. The van der Waals surface area contributed by atoms with Crippen molar-refractivity contribution in [1.29, 1.82) is 0 Å². The van der Waals surface area contributed by atoms with Gasteiger partial charge in [0.2, 0.25) is 5.75 Å². The summed E-state index contributed by atoms with van der Waals surface area (Å²) in [7, 11) is 4.65. The first-order chi connectivity index (χ1) is 14.1. The standard InChI is InChI=1S/C20H19N5O4/c1-27-15-8-13(9-16(28-2)17(15)29-3)14-10-22-18-19(23-14)25(20(26)24-18)11-12-4-6-21-7-5-12/h4-10H,11H2,1-3H3,(H,22,24,26). The van der Waals surface area contributed by atoms with Gasteiger partial charge in [-0.3, -0.25) is 14.5 Å². The highest BCUT2D eigenvalue weighted by atomic mass is 16.5. The van der Waals surface area contributed by atoms with Crippen molar-refractivity contribution in [3.05, 3.63) is 58.9 Å². The van der Waals surface area contributed by atoms with Gasteiger partial charge in [-0.15, -0.1) is 0 Å². The van der Waals surface area contributed by atoms with Crippen LogP contribution in [0.5, 0.6) is 17.2 Å². The van der Waals surface area contributed by atoms with E-state index in [0.29, 0.717) is 40.8 Å². The summed E-state index contributed by atoms with van der Waals surface area (Å²) in [6.07, 6.45) is 4.96. The number of benzene rings is 1. The molecule has 9 heteroatoms. The lowest BCUT2D eigenvalue weighted by Crippen LogP contribution is -2.17. The first-order valence-electron chi connectivity index (χ1n) is 8.79. The van der Waals surface area contributed by atoms with Gasteiger partial charge in [0.05, 0.1) is 39.8 Å². The van der Waals surface area contributed by atoms with Crippen LogP contribution in [-0.4, -0.2) is 45.8 Å². The normalized spacial score (nSPS) is 10.9. The molecule has 29 heavy (non-hydrogen) atoms. The summed E-state index contributed by atoms with van der Waals surface area (Å²) in [6.45, 7) is 0.356. The van der Waals surface area contributed by atoms with Crippen LogP contribution in [0.1, 0.15) is 5.56 Å². The molecule has 0 aliphatic heterocycles. The van der Waals surface area contributed by atoms with Crippen molar-refractivity contribution in [1.82, 2.24) is 24.5 Å². The van der Waals surface area contributed by atoms with E-state index in [4.69, 9.17) is 14.2 Å². The maximum Gasteiger partial charge on any atom is 0.329 e. The van der Waals surface area contributed by atoms with Crippen LogP contribution in [0.2, 0.25) is 0 Å². The Bertz CT molecular complexity index is 1190. The molecular formula is C20H19N5O4. The Labute approximate surface area is 165 Å². The van der Waals surface area contributed by atoms with E-state index >= 15 is 0 Å². The first kappa shape index (κ1) is 18.5. The van der Waals surface area contributed by atoms with Crippen LogP contribution in [0.15, 0.2) is 47.7 Å². The van der Waals surface area contributed by atoms with Gasteiger partial charge in [0.1, 0.15) is 0 Å². The van der Waals surface area contributed by atoms with E-state index in [1.165, 1.54) is 0 Å². The lowest BCUT2D eigenvalue weighted by molar-refractivity contribution is 0.324. The van der Waals surface area contributed by atoms with Crippen molar-refractivity contribution in [2.45, 2.75) is 6.54 Å². The zero-order valence-corrected chi connectivity index (χ0v) is 16.2. The Kier molecular flexibility index (Phi) is 4.86. The van der Waals surface area contributed by atoms with E-state index in [1.807, 2.05) is 12.1 Å². The fraction of sp³-hybridized carbons (Fsp3) is 0.200. The third kappa shape index (κ3) is 3.38. The predicted octanol–water partition coefficient (Wildman–Crippen LogP) is 2.26. The average Bonchev–Trinajstić information content (AvgIpc) is 3.07. The molecule has 4 rings (SSSR count). The molecule has 0 saturated heterocycles. The third-order valence-corrected chi connectivity index (χ3v) is 4.53. The maximum absolute atomic E-state index is 12.4. The van der Waals surface area contributed by atoms with Crippen molar-refractivity contribution in [3.8, 4) is 28.5 Å². The van der Waals surface area contributed by atoms with Gasteiger partial charge in [-0.1, -0.05) is 0 Å². The second kappa shape index (κ2) is 7.63. The number of hydrogen-bond donors (Lipinski definition) is 1. The van der Waals surface area contributed by atoms with Crippen molar-refractivity contribution < 1.29 is 14.2 Å². The molecule has 0 amide bonds. The Morgan fingerprint density at radius 2 is 1.72 bits per heavy atom. The predicted molar refractivity (Wildman–Crippen MR) is 107 cm³/mol. The summed E-state index contributed by atoms with van der Waals surface area (Å²) in [4.78, 5) is 28.2. The van der Waals surface area contributed by atoms with Gasteiger partial charge in [-0.2, -0.15) is 0 Å². The van der Waals surface area contributed by atoms with E-state index in [-0.39, 0.29) is 5.69 Å². The highest BCUT2D eigenvalue weighted by Crippen LogP contribution is 2.40. The van der Waals surface area contributed by atoms with Gasteiger partial charge in [0.25, 0.3) is 0 Å². The largest absolute Gasteiger partial charge is 0.493 e. The molecular weight excluding hydrogens is 374 g/mol. The van der Waals surface area contributed by atoms with E-state index < -0.39 is 0 Å². The number of H-pyrrole nitrogens is 1. The van der Waals surface area contributed by atoms with Crippen LogP contribution in [0.25, 0.3) is 22.6 Å². The van der Waals surface area contributed by atoms with Gasteiger partial charge < -0.3 is 14.2 Å². The minimum absolute atomic E-state index is 0.279. The lowest BCUT2D eigenvalue weighted by atomic mass is 10.1. The van der Waals surface area contributed by atoms with Crippen LogP contribution >= 0.6 is 0 Å². The number of ether oxygens (including phenoxy) is 3. The average molecular weight is 393 g/mol. The molecule has 1 aromatic carbocycles. The summed E-state index contributed by atoms with van der Waals surface area (Å²) in [6, 6.07) is 7.27. The molecule has 4 aromatic rings. The van der Waals surface area contributed by atoms with Crippen molar-refractivity contribution in [2.75, 3.05) is 21.3 Å². The van der Waals surface area contributed by atoms with Crippen LogP contribution in [0.3, 0.4) is 0 Å². The van der Waals surface area contributed by atoms with Crippen molar-refractivity contribution in [3.63, 3.8) is 0 Å². The highest BCUT2D eigenvalue weighted by molar-refractivity contribution is 5.73. The molecule has 3 aromatic heterocycles. The van der Waals surface area contributed by atoms with E-state index in [2.05, 4.69) is 19.9 Å². The van der Waals surface area contributed by atoms with Crippen LogP contribution in [0, 0.1) is 0 Å².